The van der Waals surface area contributed by atoms with Crippen LogP contribution in [0, 0.1) is 0 Å². The highest BCUT2D eigenvalue weighted by Gasteiger charge is 2.16. The van der Waals surface area contributed by atoms with Crippen LogP contribution >= 0.6 is 0 Å². The van der Waals surface area contributed by atoms with Gasteiger partial charge in [0.25, 0.3) is 0 Å². The maximum atomic E-state index is 3.29. The van der Waals surface area contributed by atoms with E-state index < -0.39 is 0 Å². The molecule has 1 heterocycles. The lowest BCUT2D eigenvalue weighted by Crippen LogP contribution is -2.20. The zero-order valence-corrected chi connectivity index (χ0v) is 11.3. The summed E-state index contributed by atoms with van der Waals surface area (Å²) in [5.41, 5.74) is 3.82. The van der Waals surface area contributed by atoms with Gasteiger partial charge in [-0.1, -0.05) is 42.5 Å². The highest BCUT2D eigenvalue weighted by atomic mass is 15.1. The molecule has 0 bridgehead atoms. The first-order chi connectivity index (χ1) is 9.25. The average Bonchev–Trinajstić information content (AvgIpc) is 2.87. The predicted molar refractivity (Wildman–Crippen MR) is 80.3 cm³/mol. The molecule has 2 aromatic carbocycles. The maximum absolute atomic E-state index is 3.29. The molecule has 0 radical (unpaired) electrons. The van der Waals surface area contributed by atoms with Gasteiger partial charge in [-0.2, -0.15) is 0 Å². The van der Waals surface area contributed by atoms with Crippen molar-refractivity contribution in [3.05, 3.63) is 71.9 Å². The first-order valence-electron chi connectivity index (χ1n) is 6.54. The molecule has 0 aliphatic rings. The van der Waals surface area contributed by atoms with E-state index in [9.17, 15) is 0 Å². The average molecular weight is 250 g/mol. The fourth-order valence-corrected chi connectivity index (χ4v) is 2.66. The van der Waals surface area contributed by atoms with Crippen molar-refractivity contribution in [1.29, 1.82) is 0 Å². The number of H-pyrrole nitrogens is 1. The normalized spacial score (nSPS) is 13.0. The number of hydrogen-bond donors (Lipinski definition) is 1. The second-order valence-electron chi connectivity index (χ2n) is 5.10. The van der Waals surface area contributed by atoms with Crippen molar-refractivity contribution in [3.8, 4) is 0 Å². The Labute approximate surface area is 113 Å². The quantitative estimate of drug-likeness (QED) is 0.748. The van der Waals surface area contributed by atoms with Gasteiger partial charge in [-0.15, -0.1) is 0 Å². The summed E-state index contributed by atoms with van der Waals surface area (Å²) in [4.78, 5) is 5.54. The maximum Gasteiger partial charge on any atom is 0.0597 e. The molecule has 2 nitrogen and oxygen atoms in total. The third kappa shape index (κ3) is 2.27. The Morgan fingerprint density at radius 3 is 2.42 bits per heavy atom. The van der Waals surface area contributed by atoms with E-state index in [1.807, 2.05) is 6.20 Å². The van der Waals surface area contributed by atoms with Gasteiger partial charge in [-0.3, -0.25) is 4.90 Å². The van der Waals surface area contributed by atoms with Crippen molar-refractivity contribution in [3.63, 3.8) is 0 Å². The number of hydrogen-bond acceptors (Lipinski definition) is 1. The Bertz CT molecular complexity index is 668. The molecule has 0 aliphatic carbocycles. The smallest absolute Gasteiger partial charge is 0.0597 e. The molecule has 0 fully saturated rings. The predicted octanol–water partition coefficient (Wildman–Crippen LogP) is 3.82. The molecule has 3 aromatic rings. The van der Waals surface area contributed by atoms with Crippen LogP contribution in [0.2, 0.25) is 0 Å². The first-order valence-corrected chi connectivity index (χ1v) is 6.54. The third-order valence-electron chi connectivity index (χ3n) is 3.53. The van der Waals surface area contributed by atoms with E-state index in [2.05, 4.69) is 78.6 Å². The number of fused-ring (bicyclic) bond motifs is 1. The van der Waals surface area contributed by atoms with E-state index in [1.165, 1.54) is 22.0 Å². The second-order valence-corrected chi connectivity index (χ2v) is 5.10. The zero-order chi connectivity index (χ0) is 13.2. The minimum absolute atomic E-state index is 0.286. The standard InChI is InChI=1S/C17H18N2/c1-19(2)17(14-6-4-3-5-7-14)15-9-8-13-10-11-18-16(13)12-15/h3-12,17-18H,1-2H3. The molecule has 0 saturated heterocycles. The van der Waals surface area contributed by atoms with Gasteiger partial charge in [0.05, 0.1) is 6.04 Å². The van der Waals surface area contributed by atoms with E-state index in [0.29, 0.717) is 0 Å². The van der Waals surface area contributed by atoms with Gasteiger partial charge in [0.2, 0.25) is 0 Å². The van der Waals surface area contributed by atoms with E-state index in [-0.39, 0.29) is 6.04 Å². The van der Waals surface area contributed by atoms with Crippen LogP contribution in [0.15, 0.2) is 60.8 Å². The van der Waals surface area contributed by atoms with Crippen molar-refractivity contribution in [1.82, 2.24) is 9.88 Å². The Balaban J connectivity index is 2.09. The summed E-state index contributed by atoms with van der Waals surface area (Å²) in [5.74, 6) is 0. The Morgan fingerprint density at radius 1 is 0.895 bits per heavy atom. The summed E-state index contributed by atoms with van der Waals surface area (Å²) in [6.45, 7) is 0. The molecular formula is C17H18N2. The summed E-state index contributed by atoms with van der Waals surface area (Å²) < 4.78 is 0. The van der Waals surface area contributed by atoms with Crippen LogP contribution < -0.4 is 0 Å². The summed E-state index contributed by atoms with van der Waals surface area (Å²) in [5, 5.41) is 1.26. The molecule has 1 N–H and O–H groups in total. The monoisotopic (exact) mass is 250 g/mol. The molecule has 19 heavy (non-hydrogen) atoms. The highest BCUT2D eigenvalue weighted by Crippen LogP contribution is 2.28. The van der Waals surface area contributed by atoms with Crippen LogP contribution in [0.5, 0.6) is 0 Å². The van der Waals surface area contributed by atoms with E-state index in [1.54, 1.807) is 0 Å². The lowest BCUT2D eigenvalue weighted by Gasteiger charge is -2.25. The summed E-state index contributed by atoms with van der Waals surface area (Å²) in [6, 6.07) is 19.7. The number of nitrogens with one attached hydrogen (secondary N) is 1. The number of aromatic nitrogens is 1. The summed E-state index contributed by atoms with van der Waals surface area (Å²) in [6.07, 6.45) is 1.99. The molecule has 1 aromatic heterocycles. The van der Waals surface area contributed by atoms with Gasteiger partial charge in [0.15, 0.2) is 0 Å². The van der Waals surface area contributed by atoms with Crippen molar-refractivity contribution < 1.29 is 0 Å². The minimum atomic E-state index is 0.286. The number of rotatable bonds is 3. The number of nitrogens with zero attached hydrogens (tertiary/aromatic N) is 1. The van der Waals surface area contributed by atoms with Crippen molar-refractivity contribution >= 4 is 10.9 Å². The van der Waals surface area contributed by atoms with E-state index in [4.69, 9.17) is 0 Å². The zero-order valence-electron chi connectivity index (χ0n) is 11.3. The number of benzene rings is 2. The van der Waals surface area contributed by atoms with Crippen LogP contribution in [0.1, 0.15) is 17.2 Å². The molecule has 0 spiro atoms. The molecule has 0 amide bonds. The molecule has 0 aliphatic heterocycles. The highest BCUT2D eigenvalue weighted by molar-refractivity contribution is 5.80. The lowest BCUT2D eigenvalue weighted by atomic mass is 9.97. The molecule has 1 atom stereocenters. The van der Waals surface area contributed by atoms with Crippen LogP contribution in [-0.4, -0.2) is 24.0 Å². The molecule has 96 valence electrons. The van der Waals surface area contributed by atoms with E-state index in [0.717, 1.165) is 0 Å². The summed E-state index contributed by atoms with van der Waals surface area (Å²) in [7, 11) is 4.24. The van der Waals surface area contributed by atoms with Gasteiger partial charge < -0.3 is 4.98 Å². The largest absolute Gasteiger partial charge is 0.361 e. The second kappa shape index (κ2) is 4.90. The minimum Gasteiger partial charge on any atom is -0.361 e. The summed E-state index contributed by atoms with van der Waals surface area (Å²) >= 11 is 0. The van der Waals surface area contributed by atoms with Gasteiger partial charge in [-0.25, -0.2) is 0 Å². The fraction of sp³-hybridized carbons (Fsp3) is 0.176. The van der Waals surface area contributed by atoms with Crippen molar-refractivity contribution in [2.45, 2.75) is 6.04 Å². The number of aromatic amines is 1. The SMILES string of the molecule is CN(C)C(c1ccccc1)c1ccc2cc[nH]c2c1. The van der Waals surface area contributed by atoms with Gasteiger partial charge in [-0.05, 0) is 42.7 Å². The topological polar surface area (TPSA) is 19.0 Å². The molecule has 2 heteroatoms. The molecule has 0 saturated carbocycles. The van der Waals surface area contributed by atoms with Gasteiger partial charge >= 0.3 is 0 Å². The third-order valence-corrected chi connectivity index (χ3v) is 3.53. The van der Waals surface area contributed by atoms with Crippen molar-refractivity contribution in [2.24, 2.45) is 0 Å². The molecule has 1 unspecified atom stereocenters. The Kier molecular flexibility index (Phi) is 3.10. The molecule has 3 rings (SSSR count). The van der Waals surface area contributed by atoms with Crippen LogP contribution in [0.25, 0.3) is 10.9 Å². The van der Waals surface area contributed by atoms with Crippen molar-refractivity contribution in [2.75, 3.05) is 14.1 Å². The van der Waals surface area contributed by atoms with Gasteiger partial charge in [0, 0.05) is 11.7 Å². The van der Waals surface area contributed by atoms with E-state index >= 15 is 0 Å². The Morgan fingerprint density at radius 2 is 1.68 bits per heavy atom. The fourth-order valence-electron chi connectivity index (χ4n) is 2.66. The molecular weight excluding hydrogens is 232 g/mol. The van der Waals surface area contributed by atoms with Crippen LogP contribution in [-0.2, 0) is 0 Å². The first kappa shape index (κ1) is 12.0. The lowest BCUT2D eigenvalue weighted by molar-refractivity contribution is 0.342. The van der Waals surface area contributed by atoms with Crippen LogP contribution in [0.3, 0.4) is 0 Å². The Hall–Kier alpha value is -2.06. The van der Waals surface area contributed by atoms with Crippen LogP contribution in [0.4, 0.5) is 0 Å². The van der Waals surface area contributed by atoms with Gasteiger partial charge in [0.1, 0.15) is 0 Å².